The van der Waals surface area contributed by atoms with Gasteiger partial charge in [-0.3, -0.25) is 4.79 Å². The largest absolute Gasteiger partial charge is 0.465 e. The van der Waals surface area contributed by atoms with Gasteiger partial charge in [-0.05, 0) is 39.5 Å². The zero-order chi connectivity index (χ0) is 16.1. The van der Waals surface area contributed by atoms with E-state index < -0.39 is 24.5 Å². The van der Waals surface area contributed by atoms with Gasteiger partial charge in [-0.1, -0.05) is 0 Å². The average molecular weight is 404 g/mol. The molecule has 0 bridgehead atoms. The molecule has 0 aliphatic carbocycles. The summed E-state index contributed by atoms with van der Waals surface area (Å²) < 4.78 is 10.3. The van der Waals surface area contributed by atoms with Crippen LogP contribution in [0, 0.1) is 0 Å². The van der Waals surface area contributed by atoms with Gasteiger partial charge in [0.1, 0.15) is 9.75 Å². The molecule has 116 valence electrons. The first-order chi connectivity index (χ1) is 10.5. The van der Waals surface area contributed by atoms with Crippen LogP contribution in [0.25, 0.3) is 0 Å². The molecule has 6 nitrogen and oxygen atoms in total. The van der Waals surface area contributed by atoms with Gasteiger partial charge < -0.3 is 14.8 Å². The van der Waals surface area contributed by atoms with Crippen molar-refractivity contribution in [2.75, 3.05) is 19.0 Å². The quantitative estimate of drug-likeness (QED) is 0.775. The van der Waals surface area contributed by atoms with Gasteiger partial charge in [-0.25, -0.2) is 9.59 Å². The lowest BCUT2D eigenvalue weighted by Crippen LogP contribution is -2.21. The van der Waals surface area contributed by atoms with E-state index in [9.17, 15) is 14.4 Å². The molecule has 0 aliphatic heterocycles. The van der Waals surface area contributed by atoms with Gasteiger partial charge in [-0.15, -0.1) is 22.7 Å². The predicted octanol–water partition coefficient (Wildman–Crippen LogP) is 3.15. The Morgan fingerprint density at radius 2 is 2.00 bits per heavy atom. The second kappa shape index (κ2) is 7.52. The summed E-state index contributed by atoms with van der Waals surface area (Å²) in [5.41, 5.74) is 0.330. The van der Waals surface area contributed by atoms with E-state index in [0.29, 0.717) is 10.6 Å². The van der Waals surface area contributed by atoms with E-state index in [1.165, 1.54) is 18.4 Å². The van der Waals surface area contributed by atoms with Crippen molar-refractivity contribution in [2.45, 2.75) is 0 Å². The van der Waals surface area contributed by atoms with E-state index in [-0.39, 0.29) is 4.88 Å². The van der Waals surface area contributed by atoms with Crippen molar-refractivity contribution < 1.29 is 23.9 Å². The van der Waals surface area contributed by atoms with E-state index in [4.69, 9.17) is 4.74 Å². The van der Waals surface area contributed by atoms with E-state index >= 15 is 0 Å². The van der Waals surface area contributed by atoms with Crippen LogP contribution in [-0.2, 0) is 14.3 Å². The summed E-state index contributed by atoms with van der Waals surface area (Å²) >= 11 is 5.60. The fourth-order valence-electron chi connectivity index (χ4n) is 1.47. The van der Waals surface area contributed by atoms with Gasteiger partial charge in [0.2, 0.25) is 0 Å². The zero-order valence-electron chi connectivity index (χ0n) is 11.3. The smallest absolute Gasteiger partial charge is 0.350 e. The lowest BCUT2D eigenvalue weighted by atomic mass is 10.4. The molecule has 0 saturated carbocycles. The molecule has 0 unspecified atom stereocenters. The standard InChI is InChI=1S/C13H10BrNO5S2/c1-19-13(18)11-7(4-5-21-11)15-10(16)6-20-12(17)8-2-3-9(14)22-8/h2-5H,6H2,1H3,(H,15,16). The summed E-state index contributed by atoms with van der Waals surface area (Å²) in [5.74, 6) is -1.65. The Labute approximate surface area is 142 Å². The predicted molar refractivity (Wildman–Crippen MR) is 86.6 cm³/mol. The highest BCUT2D eigenvalue weighted by atomic mass is 79.9. The number of esters is 2. The summed E-state index contributed by atoms with van der Waals surface area (Å²) in [6.07, 6.45) is 0. The lowest BCUT2D eigenvalue weighted by Gasteiger charge is -2.06. The van der Waals surface area contributed by atoms with Gasteiger partial charge in [0.05, 0.1) is 16.6 Å². The lowest BCUT2D eigenvalue weighted by molar-refractivity contribution is -0.119. The number of amides is 1. The minimum absolute atomic E-state index is 0.282. The highest BCUT2D eigenvalue weighted by Crippen LogP contribution is 2.24. The fraction of sp³-hybridized carbons (Fsp3) is 0.154. The van der Waals surface area contributed by atoms with Crippen LogP contribution in [0.5, 0.6) is 0 Å². The molecule has 0 aliphatic rings. The van der Waals surface area contributed by atoms with Crippen molar-refractivity contribution in [1.29, 1.82) is 0 Å². The molecule has 2 heterocycles. The molecular formula is C13H10BrNO5S2. The summed E-state index contributed by atoms with van der Waals surface area (Å²) in [5, 5.41) is 4.16. The fourth-order valence-corrected chi connectivity index (χ4v) is 3.52. The summed E-state index contributed by atoms with van der Waals surface area (Å²) in [4.78, 5) is 35.6. The maximum Gasteiger partial charge on any atom is 0.350 e. The van der Waals surface area contributed by atoms with E-state index in [1.54, 1.807) is 23.6 Å². The molecule has 2 aromatic heterocycles. The van der Waals surface area contributed by atoms with Crippen LogP contribution in [-0.4, -0.2) is 31.6 Å². The number of rotatable bonds is 5. The second-order valence-corrected chi connectivity index (χ2v) is 7.26. The molecule has 1 amide bonds. The van der Waals surface area contributed by atoms with Gasteiger partial charge >= 0.3 is 11.9 Å². The highest BCUT2D eigenvalue weighted by molar-refractivity contribution is 9.11. The van der Waals surface area contributed by atoms with Crippen LogP contribution in [0.15, 0.2) is 27.4 Å². The van der Waals surface area contributed by atoms with E-state index in [2.05, 4.69) is 26.0 Å². The third-order valence-corrected chi connectivity index (χ3v) is 4.92. The number of hydrogen-bond donors (Lipinski definition) is 1. The number of carbonyl (C=O) groups excluding carboxylic acids is 3. The molecule has 0 fully saturated rings. The third-order valence-electron chi connectivity index (χ3n) is 2.42. The van der Waals surface area contributed by atoms with Crippen LogP contribution in [0.2, 0.25) is 0 Å². The van der Waals surface area contributed by atoms with Gasteiger partial charge in [0.25, 0.3) is 5.91 Å². The Morgan fingerprint density at radius 3 is 2.64 bits per heavy atom. The number of hydrogen-bond acceptors (Lipinski definition) is 7. The summed E-state index contributed by atoms with van der Waals surface area (Å²) in [6, 6.07) is 4.89. The van der Waals surface area contributed by atoms with Crippen LogP contribution in [0.1, 0.15) is 19.3 Å². The number of anilines is 1. The van der Waals surface area contributed by atoms with Gasteiger partial charge in [0.15, 0.2) is 6.61 Å². The number of halogens is 1. The normalized spacial score (nSPS) is 10.1. The monoisotopic (exact) mass is 403 g/mol. The van der Waals surface area contributed by atoms with E-state index in [0.717, 1.165) is 15.1 Å². The third kappa shape index (κ3) is 4.15. The molecule has 9 heteroatoms. The second-order valence-electron chi connectivity index (χ2n) is 3.88. The maximum absolute atomic E-state index is 11.8. The van der Waals surface area contributed by atoms with Crippen LogP contribution >= 0.6 is 38.6 Å². The molecule has 1 N–H and O–H groups in total. The molecule has 0 aromatic carbocycles. The van der Waals surface area contributed by atoms with Gasteiger partial charge in [-0.2, -0.15) is 0 Å². The molecule has 0 atom stereocenters. The first-order valence-electron chi connectivity index (χ1n) is 5.89. The van der Waals surface area contributed by atoms with Crippen molar-refractivity contribution in [3.63, 3.8) is 0 Å². The number of nitrogens with one attached hydrogen (secondary N) is 1. The Kier molecular flexibility index (Phi) is 5.69. The number of thiophene rings is 2. The van der Waals surface area contributed by atoms with E-state index in [1.807, 2.05) is 0 Å². The Morgan fingerprint density at radius 1 is 1.23 bits per heavy atom. The first kappa shape index (κ1) is 16.7. The molecule has 22 heavy (non-hydrogen) atoms. The van der Waals surface area contributed by atoms with Crippen LogP contribution < -0.4 is 5.32 Å². The van der Waals surface area contributed by atoms with Crippen molar-refractivity contribution in [2.24, 2.45) is 0 Å². The number of methoxy groups -OCH3 is 1. The molecular weight excluding hydrogens is 394 g/mol. The topological polar surface area (TPSA) is 81.7 Å². The molecule has 0 spiro atoms. The van der Waals surface area contributed by atoms with Crippen LogP contribution in [0.4, 0.5) is 5.69 Å². The van der Waals surface area contributed by atoms with Crippen molar-refractivity contribution in [1.82, 2.24) is 0 Å². The zero-order valence-corrected chi connectivity index (χ0v) is 14.5. The number of ether oxygens (including phenoxy) is 2. The van der Waals surface area contributed by atoms with Crippen molar-refractivity contribution in [3.8, 4) is 0 Å². The Hall–Kier alpha value is -1.71. The summed E-state index contributed by atoms with van der Waals surface area (Å²) in [6.45, 7) is -0.440. The van der Waals surface area contributed by atoms with Crippen molar-refractivity contribution in [3.05, 3.63) is 37.1 Å². The minimum atomic E-state index is -0.579. The average Bonchev–Trinajstić information content (AvgIpc) is 3.13. The highest BCUT2D eigenvalue weighted by Gasteiger charge is 2.17. The number of carbonyl (C=O) groups is 3. The van der Waals surface area contributed by atoms with Crippen LogP contribution in [0.3, 0.4) is 0 Å². The Balaban J connectivity index is 1.90. The maximum atomic E-state index is 11.8. The SMILES string of the molecule is COC(=O)c1sccc1NC(=O)COC(=O)c1ccc(Br)s1. The molecule has 0 radical (unpaired) electrons. The first-order valence-corrected chi connectivity index (χ1v) is 8.38. The van der Waals surface area contributed by atoms with Crippen molar-refractivity contribution >= 4 is 62.1 Å². The van der Waals surface area contributed by atoms with Gasteiger partial charge in [0, 0.05) is 0 Å². The summed E-state index contributed by atoms with van der Waals surface area (Å²) in [7, 11) is 1.26. The minimum Gasteiger partial charge on any atom is -0.465 e. The molecule has 0 saturated heterocycles. The molecule has 2 rings (SSSR count). The Bertz CT molecular complexity index is 709. The molecule has 2 aromatic rings.